The fourth-order valence-electron chi connectivity index (χ4n) is 2.40. The van der Waals surface area contributed by atoms with Crippen molar-refractivity contribution in [2.45, 2.75) is 31.8 Å². The van der Waals surface area contributed by atoms with E-state index in [9.17, 15) is 5.11 Å². The van der Waals surface area contributed by atoms with Gasteiger partial charge in [0.25, 0.3) is 0 Å². The topological polar surface area (TPSA) is 46.2 Å². The Morgan fingerprint density at radius 1 is 1.00 bits per heavy atom. The van der Waals surface area contributed by atoms with Gasteiger partial charge in [0.2, 0.25) is 0 Å². The first-order valence-electron chi connectivity index (χ1n) is 6.80. The van der Waals surface area contributed by atoms with E-state index in [1.54, 1.807) is 0 Å². The molecule has 0 saturated carbocycles. The van der Waals surface area contributed by atoms with Gasteiger partial charge in [0, 0.05) is 5.69 Å². The zero-order chi connectivity index (χ0) is 13.7. The number of nitrogen functional groups attached to an aromatic ring is 1. The molecule has 19 heavy (non-hydrogen) atoms. The van der Waals surface area contributed by atoms with Gasteiger partial charge in [0.15, 0.2) is 0 Å². The Hall–Kier alpha value is -1.80. The van der Waals surface area contributed by atoms with Crippen molar-refractivity contribution in [3.63, 3.8) is 0 Å². The van der Waals surface area contributed by atoms with Crippen LogP contribution in [-0.4, -0.2) is 5.11 Å². The molecular weight excluding hydrogens is 234 g/mol. The largest absolute Gasteiger partial charge is 0.399 e. The minimum Gasteiger partial charge on any atom is -0.399 e. The highest BCUT2D eigenvalue weighted by Crippen LogP contribution is 2.35. The molecule has 0 fully saturated rings. The molecule has 0 aromatic heterocycles. The van der Waals surface area contributed by atoms with Crippen LogP contribution in [0.3, 0.4) is 0 Å². The van der Waals surface area contributed by atoms with E-state index >= 15 is 0 Å². The van der Waals surface area contributed by atoms with Gasteiger partial charge in [-0.15, -0.1) is 0 Å². The number of hydrogen-bond acceptors (Lipinski definition) is 2. The average Bonchev–Trinajstić information content (AvgIpc) is 2.45. The Labute approximate surface area is 114 Å². The van der Waals surface area contributed by atoms with Crippen molar-refractivity contribution in [2.75, 3.05) is 5.73 Å². The van der Waals surface area contributed by atoms with Crippen LogP contribution in [0.4, 0.5) is 5.69 Å². The van der Waals surface area contributed by atoms with Crippen molar-refractivity contribution in [1.82, 2.24) is 0 Å². The van der Waals surface area contributed by atoms with Crippen molar-refractivity contribution >= 4 is 5.69 Å². The van der Waals surface area contributed by atoms with Crippen LogP contribution >= 0.6 is 0 Å². The Morgan fingerprint density at radius 2 is 1.68 bits per heavy atom. The quantitative estimate of drug-likeness (QED) is 0.800. The van der Waals surface area contributed by atoms with Crippen molar-refractivity contribution in [1.29, 1.82) is 0 Å². The van der Waals surface area contributed by atoms with Crippen molar-refractivity contribution < 1.29 is 5.11 Å². The van der Waals surface area contributed by atoms with Gasteiger partial charge in [-0.05, 0) is 29.7 Å². The molecule has 0 bridgehead atoms. The molecule has 0 amide bonds. The molecule has 2 heteroatoms. The summed E-state index contributed by atoms with van der Waals surface area (Å²) in [7, 11) is 0. The zero-order valence-corrected chi connectivity index (χ0v) is 11.3. The average molecular weight is 255 g/mol. The van der Waals surface area contributed by atoms with Gasteiger partial charge in [0.05, 0.1) is 0 Å². The molecule has 2 aromatic carbocycles. The lowest BCUT2D eigenvalue weighted by Gasteiger charge is -2.29. The summed E-state index contributed by atoms with van der Waals surface area (Å²) in [5, 5.41) is 11.2. The molecule has 2 rings (SSSR count). The summed E-state index contributed by atoms with van der Waals surface area (Å²) in [5.74, 6) is 0. The molecule has 100 valence electrons. The van der Waals surface area contributed by atoms with Crippen LogP contribution < -0.4 is 5.73 Å². The molecule has 1 unspecified atom stereocenters. The molecule has 1 atom stereocenters. The van der Waals surface area contributed by atoms with Crippen LogP contribution in [0.5, 0.6) is 0 Å². The number of unbranched alkanes of at least 4 members (excludes halogenated alkanes) is 1. The third kappa shape index (κ3) is 2.96. The Morgan fingerprint density at radius 3 is 2.32 bits per heavy atom. The maximum atomic E-state index is 11.2. The number of rotatable bonds is 5. The SMILES string of the molecule is CCCCC(O)(c1ccccc1)c1cccc(N)c1. The molecule has 0 aliphatic rings. The summed E-state index contributed by atoms with van der Waals surface area (Å²) in [6.45, 7) is 2.13. The molecule has 0 aliphatic carbocycles. The Balaban J connectivity index is 2.45. The second kappa shape index (κ2) is 5.89. The van der Waals surface area contributed by atoms with Gasteiger partial charge >= 0.3 is 0 Å². The van der Waals surface area contributed by atoms with Crippen LogP contribution in [0.25, 0.3) is 0 Å². The van der Waals surface area contributed by atoms with Crippen molar-refractivity contribution in [3.05, 3.63) is 65.7 Å². The number of aliphatic hydroxyl groups is 1. The molecule has 0 radical (unpaired) electrons. The van der Waals surface area contributed by atoms with Crippen LogP contribution in [0, 0.1) is 0 Å². The maximum Gasteiger partial charge on any atom is 0.115 e. The van der Waals surface area contributed by atoms with Crippen LogP contribution in [-0.2, 0) is 5.60 Å². The smallest absolute Gasteiger partial charge is 0.115 e. The summed E-state index contributed by atoms with van der Waals surface area (Å²) < 4.78 is 0. The summed E-state index contributed by atoms with van der Waals surface area (Å²) in [6, 6.07) is 17.4. The van der Waals surface area contributed by atoms with Gasteiger partial charge in [-0.2, -0.15) is 0 Å². The number of benzene rings is 2. The first kappa shape index (κ1) is 13.6. The minimum atomic E-state index is -0.952. The van der Waals surface area contributed by atoms with Gasteiger partial charge in [0.1, 0.15) is 5.60 Å². The Bertz CT molecular complexity index is 524. The lowest BCUT2D eigenvalue weighted by atomic mass is 9.82. The summed E-state index contributed by atoms with van der Waals surface area (Å²) in [4.78, 5) is 0. The fourth-order valence-corrected chi connectivity index (χ4v) is 2.40. The van der Waals surface area contributed by atoms with E-state index in [1.807, 2.05) is 54.6 Å². The van der Waals surface area contributed by atoms with E-state index in [-0.39, 0.29) is 0 Å². The lowest BCUT2D eigenvalue weighted by molar-refractivity contribution is 0.0685. The van der Waals surface area contributed by atoms with E-state index in [0.29, 0.717) is 12.1 Å². The van der Waals surface area contributed by atoms with Crippen molar-refractivity contribution in [3.8, 4) is 0 Å². The third-order valence-corrected chi connectivity index (χ3v) is 3.51. The standard InChI is InChI=1S/C17H21NO/c1-2-3-12-17(19,14-8-5-4-6-9-14)15-10-7-11-16(18)13-15/h4-11,13,19H,2-3,12,18H2,1H3. The van der Waals surface area contributed by atoms with E-state index in [4.69, 9.17) is 5.73 Å². The normalized spacial score (nSPS) is 14.0. The fraction of sp³-hybridized carbons (Fsp3) is 0.294. The van der Waals surface area contributed by atoms with Crippen LogP contribution in [0.2, 0.25) is 0 Å². The highest BCUT2D eigenvalue weighted by molar-refractivity contribution is 5.46. The van der Waals surface area contributed by atoms with Gasteiger partial charge < -0.3 is 10.8 Å². The third-order valence-electron chi connectivity index (χ3n) is 3.51. The van der Waals surface area contributed by atoms with Gasteiger partial charge in [-0.3, -0.25) is 0 Å². The number of nitrogens with two attached hydrogens (primary N) is 1. The highest BCUT2D eigenvalue weighted by atomic mass is 16.3. The highest BCUT2D eigenvalue weighted by Gasteiger charge is 2.30. The minimum absolute atomic E-state index is 0.684. The first-order chi connectivity index (χ1) is 9.16. The first-order valence-corrected chi connectivity index (χ1v) is 6.80. The summed E-state index contributed by atoms with van der Waals surface area (Å²) >= 11 is 0. The van der Waals surface area contributed by atoms with E-state index < -0.39 is 5.60 Å². The van der Waals surface area contributed by atoms with E-state index in [0.717, 1.165) is 24.0 Å². The predicted octanol–water partition coefficient (Wildman–Crippen LogP) is 3.69. The molecule has 0 aliphatic heterocycles. The number of anilines is 1. The molecule has 0 heterocycles. The number of hydrogen-bond donors (Lipinski definition) is 2. The summed E-state index contributed by atoms with van der Waals surface area (Å²) in [6.07, 6.45) is 2.73. The zero-order valence-electron chi connectivity index (χ0n) is 11.3. The van der Waals surface area contributed by atoms with Crippen LogP contribution in [0.15, 0.2) is 54.6 Å². The molecular formula is C17H21NO. The maximum absolute atomic E-state index is 11.2. The van der Waals surface area contributed by atoms with Gasteiger partial charge in [-0.25, -0.2) is 0 Å². The molecule has 2 nitrogen and oxygen atoms in total. The summed E-state index contributed by atoms with van der Waals surface area (Å²) in [5.41, 5.74) is 7.38. The van der Waals surface area contributed by atoms with Crippen LogP contribution in [0.1, 0.15) is 37.3 Å². The second-order valence-electron chi connectivity index (χ2n) is 4.96. The Kier molecular flexibility index (Phi) is 4.23. The van der Waals surface area contributed by atoms with Crippen molar-refractivity contribution in [2.24, 2.45) is 0 Å². The lowest BCUT2D eigenvalue weighted by Crippen LogP contribution is -2.27. The molecule has 3 N–H and O–H groups in total. The van der Waals surface area contributed by atoms with Gasteiger partial charge in [-0.1, -0.05) is 62.2 Å². The predicted molar refractivity (Wildman–Crippen MR) is 79.8 cm³/mol. The molecule has 0 spiro atoms. The molecule has 2 aromatic rings. The molecule has 0 saturated heterocycles. The monoisotopic (exact) mass is 255 g/mol. The van der Waals surface area contributed by atoms with E-state index in [1.165, 1.54) is 0 Å². The second-order valence-corrected chi connectivity index (χ2v) is 4.96. The van der Waals surface area contributed by atoms with E-state index in [2.05, 4.69) is 6.92 Å².